The predicted octanol–water partition coefficient (Wildman–Crippen LogP) is 1.19. The lowest BCUT2D eigenvalue weighted by atomic mass is 9.52. The van der Waals surface area contributed by atoms with Crippen LogP contribution in [0.5, 0.6) is 5.75 Å². The van der Waals surface area contributed by atoms with Crippen molar-refractivity contribution in [3.8, 4) is 16.9 Å². The minimum absolute atomic E-state index is 0.00587. The smallest absolute Gasteiger partial charge is 0.235 e. The van der Waals surface area contributed by atoms with Crippen molar-refractivity contribution in [1.82, 2.24) is 9.80 Å². The number of rotatable bonds is 7. The third kappa shape index (κ3) is 4.83. The van der Waals surface area contributed by atoms with E-state index in [0.29, 0.717) is 12.0 Å². The number of carbonyl (C=O) groups is 5. The lowest BCUT2D eigenvalue weighted by molar-refractivity contribution is -0.181. The van der Waals surface area contributed by atoms with E-state index in [0.717, 1.165) is 28.8 Å². The largest absolute Gasteiger partial charge is 0.507 e. The SMILES string of the molecule is C=C(Cc1ccc(-c2ccc(O)c3c2C[C@H]2C[C@H]4C(N(C)C)C(=O)C(C(N)=O)C(=O)[C@]4(O)C(=O)C2C3=O)cc1)CN(C)C. The fraction of sp³-hybridized carbons (Fsp3) is 0.424. The molecule has 6 atom stereocenters. The van der Waals surface area contributed by atoms with Crippen molar-refractivity contribution < 1.29 is 34.2 Å². The highest BCUT2D eigenvalue weighted by Gasteiger charge is 2.69. The second kappa shape index (κ2) is 10.9. The number of carbonyl (C=O) groups excluding carboxylic acids is 5. The number of aromatic hydroxyl groups is 1. The fourth-order valence-electron chi connectivity index (χ4n) is 7.47. The predicted molar refractivity (Wildman–Crippen MR) is 158 cm³/mol. The summed E-state index contributed by atoms with van der Waals surface area (Å²) in [5.74, 6) is -10.6. The van der Waals surface area contributed by atoms with Gasteiger partial charge in [-0.15, -0.1) is 0 Å². The topological polar surface area (TPSA) is 158 Å². The number of phenols is 1. The Kier molecular flexibility index (Phi) is 7.75. The number of amides is 1. The Bertz CT molecular complexity index is 1560. The van der Waals surface area contributed by atoms with Crippen LogP contribution in [0.15, 0.2) is 48.6 Å². The Balaban J connectivity index is 1.54. The van der Waals surface area contributed by atoms with Crippen LogP contribution in [-0.2, 0) is 32.0 Å². The number of primary amides is 1. The van der Waals surface area contributed by atoms with Gasteiger partial charge in [0.1, 0.15) is 5.75 Å². The summed E-state index contributed by atoms with van der Waals surface area (Å²) in [5.41, 5.74) is 6.87. The molecule has 226 valence electrons. The van der Waals surface area contributed by atoms with E-state index in [1.807, 2.05) is 38.4 Å². The zero-order valence-corrected chi connectivity index (χ0v) is 24.8. The number of hydrogen-bond acceptors (Lipinski definition) is 9. The summed E-state index contributed by atoms with van der Waals surface area (Å²) in [7, 11) is 7.09. The molecular formula is C33H37N3O7. The van der Waals surface area contributed by atoms with Crippen LogP contribution in [0.4, 0.5) is 0 Å². The lowest BCUT2D eigenvalue weighted by Crippen LogP contribution is -2.74. The van der Waals surface area contributed by atoms with Crippen LogP contribution in [0.25, 0.3) is 11.1 Å². The molecule has 0 spiro atoms. The maximum Gasteiger partial charge on any atom is 0.235 e. The molecule has 0 aliphatic heterocycles. The number of ketones is 4. The van der Waals surface area contributed by atoms with E-state index in [9.17, 15) is 34.2 Å². The number of nitrogens with two attached hydrogens (primary N) is 1. The summed E-state index contributed by atoms with van der Waals surface area (Å²) < 4.78 is 0. The number of benzene rings is 2. The summed E-state index contributed by atoms with van der Waals surface area (Å²) in [4.78, 5) is 70.3. The standard InChI is InChI=1S/C33H37N3O7/c1-16(15-35(2)3)12-17-6-8-18(9-7-17)20-10-11-23(37)25-21(20)13-19-14-22-27(36(4)5)29(39)26(32(34)42)31(41)33(22,43)30(40)24(19)28(25)38/h6-11,19,22,24,26-27,37,43H,1,12-15H2,2-5H3,(H2,34,42)/t19-,22-,24?,26?,27?,33+/m0/s1. The highest BCUT2D eigenvalue weighted by Crippen LogP contribution is 2.51. The zero-order valence-electron chi connectivity index (χ0n) is 24.8. The number of Topliss-reactive ketones (excluding diaryl/α,β-unsaturated/α-hetero) is 4. The molecule has 3 unspecified atom stereocenters. The second-order valence-corrected chi connectivity index (χ2v) is 12.6. The van der Waals surface area contributed by atoms with Gasteiger partial charge in [-0.2, -0.15) is 0 Å². The number of fused-ring (bicyclic) bond motifs is 3. The first kappa shape index (κ1) is 30.5. The van der Waals surface area contributed by atoms with Gasteiger partial charge in [-0.05, 0) is 81.7 Å². The minimum atomic E-state index is -2.74. The van der Waals surface area contributed by atoms with Gasteiger partial charge in [-0.1, -0.05) is 42.5 Å². The third-order valence-electron chi connectivity index (χ3n) is 9.20. The van der Waals surface area contributed by atoms with Gasteiger partial charge < -0.3 is 20.8 Å². The van der Waals surface area contributed by atoms with Gasteiger partial charge in [-0.3, -0.25) is 28.9 Å². The highest BCUT2D eigenvalue weighted by atomic mass is 16.3. The molecule has 2 aromatic rings. The summed E-state index contributed by atoms with van der Waals surface area (Å²) >= 11 is 0. The number of likely N-dealkylation sites (N-methyl/N-ethyl adjacent to an activating group) is 2. The first-order chi connectivity index (χ1) is 20.2. The Labute approximate surface area is 250 Å². The molecule has 2 fully saturated rings. The summed E-state index contributed by atoms with van der Waals surface area (Å²) in [5, 5.41) is 22.5. The Morgan fingerprint density at radius 3 is 2.26 bits per heavy atom. The molecule has 3 aliphatic carbocycles. The average Bonchev–Trinajstić information content (AvgIpc) is 2.90. The van der Waals surface area contributed by atoms with Crippen molar-refractivity contribution in [3.05, 3.63) is 65.2 Å². The van der Waals surface area contributed by atoms with Gasteiger partial charge >= 0.3 is 0 Å². The zero-order chi connectivity index (χ0) is 31.5. The van der Waals surface area contributed by atoms with Crippen molar-refractivity contribution in [3.63, 3.8) is 0 Å². The molecule has 0 aromatic heterocycles. The maximum absolute atomic E-state index is 14.0. The van der Waals surface area contributed by atoms with E-state index in [1.165, 1.54) is 11.0 Å². The normalized spacial score (nSPS) is 28.5. The van der Waals surface area contributed by atoms with Gasteiger partial charge in [0.05, 0.1) is 17.5 Å². The van der Waals surface area contributed by atoms with E-state index >= 15 is 0 Å². The van der Waals surface area contributed by atoms with Crippen LogP contribution in [0.1, 0.15) is 27.9 Å². The molecule has 10 heteroatoms. The van der Waals surface area contributed by atoms with Crippen molar-refractivity contribution >= 4 is 29.0 Å². The van der Waals surface area contributed by atoms with Crippen molar-refractivity contribution in [1.29, 1.82) is 0 Å². The quantitative estimate of drug-likeness (QED) is 0.320. The molecule has 3 aliphatic rings. The first-order valence-corrected chi connectivity index (χ1v) is 14.3. The number of phenolic OH excluding ortho intramolecular Hbond substituents is 1. The van der Waals surface area contributed by atoms with Crippen LogP contribution < -0.4 is 5.73 Å². The average molecular weight is 588 g/mol. The van der Waals surface area contributed by atoms with Crippen molar-refractivity contribution in [2.24, 2.45) is 29.4 Å². The van der Waals surface area contributed by atoms with Gasteiger partial charge in [0.15, 0.2) is 34.7 Å². The number of hydrogen-bond donors (Lipinski definition) is 3. The van der Waals surface area contributed by atoms with E-state index < -0.39 is 64.4 Å². The molecule has 0 heterocycles. The molecule has 0 bridgehead atoms. The van der Waals surface area contributed by atoms with E-state index in [1.54, 1.807) is 20.2 Å². The van der Waals surface area contributed by atoms with Gasteiger partial charge in [-0.25, -0.2) is 0 Å². The first-order valence-electron chi connectivity index (χ1n) is 14.3. The fourth-order valence-corrected chi connectivity index (χ4v) is 7.47. The number of aliphatic hydroxyl groups is 1. The van der Waals surface area contributed by atoms with Crippen LogP contribution in [0, 0.1) is 23.7 Å². The molecule has 2 saturated carbocycles. The molecule has 4 N–H and O–H groups in total. The van der Waals surface area contributed by atoms with Crippen LogP contribution in [0.3, 0.4) is 0 Å². The van der Waals surface area contributed by atoms with Gasteiger partial charge in [0.25, 0.3) is 0 Å². The molecule has 43 heavy (non-hydrogen) atoms. The summed E-state index contributed by atoms with van der Waals surface area (Å²) in [6, 6.07) is 9.86. The van der Waals surface area contributed by atoms with E-state index in [-0.39, 0.29) is 24.2 Å². The van der Waals surface area contributed by atoms with Crippen LogP contribution >= 0.6 is 0 Å². The Morgan fingerprint density at radius 2 is 1.67 bits per heavy atom. The number of nitrogens with zero attached hydrogens (tertiary/aromatic N) is 2. The molecule has 1 amide bonds. The molecule has 10 nitrogen and oxygen atoms in total. The Morgan fingerprint density at radius 1 is 1.02 bits per heavy atom. The van der Waals surface area contributed by atoms with E-state index in [2.05, 4.69) is 11.5 Å². The second-order valence-electron chi connectivity index (χ2n) is 12.6. The summed E-state index contributed by atoms with van der Waals surface area (Å²) in [6.07, 6.45) is 0.921. The van der Waals surface area contributed by atoms with Crippen LogP contribution in [-0.4, -0.2) is 95.4 Å². The van der Waals surface area contributed by atoms with Crippen LogP contribution in [0.2, 0.25) is 0 Å². The maximum atomic E-state index is 14.0. The molecule has 5 rings (SSSR count). The van der Waals surface area contributed by atoms with Gasteiger partial charge in [0, 0.05) is 12.5 Å². The van der Waals surface area contributed by atoms with Gasteiger partial charge in [0.2, 0.25) is 5.91 Å². The molecule has 0 saturated heterocycles. The Hall–Kier alpha value is -3.99. The minimum Gasteiger partial charge on any atom is -0.507 e. The molecule has 0 radical (unpaired) electrons. The van der Waals surface area contributed by atoms with E-state index in [4.69, 9.17) is 5.73 Å². The molecule has 2 aromatic carbocycles. The lowest BCUT2D eigenvalue weighted by Gasteiger charge is -2.52. The highest BCUT2D eigenvalue weighted by molar-refractivity contribution is 6.32. The monoisotopic (exact) mass is 587 g/mol. The molecular weight excluding hydrogens is 550 g/mol. The van der Waals surface area contributed by atoms with Crippen molar-refractivity contribution in [2.45, 2.75) is 30.9 Å². The summed E-state index contributed by atoms with van der Waals surface area (Å²) in [6.45, 7) is 4.91. The third-order valence-corrected chi connectivity index (χ3v) is 9.20. The van der Waals surface area contributed by atoms with Crippen molar-refractivity contribution in [2.75, 3.05) is 34.7 Å².